The lowest BCUT2D eigenvalue weighted by Gasteiger charge is -2.32. The molecular weight excluding hydrogens is 374 g/mol. The Bertz CT molecular complexity index is 816. The van der Waals surface area contributed by atoms with E-state index in [0.717, 1.165) is 56.4 Å². The van der Waals surface area contributed by atoms with E-state index in [1.165, 1.54) is 12.7 Å². The predicted octanol–water partition coefficient (Wildman–Crippen LogP) is 4.48. The van der Waals surface area contributed by atoms with E-state index in [4.69, 9.17) is 4.74 Å². The summed E-state index contributed by atoms with van der Waals surface area (Å²) in [5, 5.41) is 9.98. The Balaban J connectivity index is 0.00000225. The van der Waals surface area contributed by atoms with Crippen molar-refractivity contribution in [1.82, 2.24) is 4.90 Å². The molecule has 0 bridgehead atoms. The number of halogens is 1. The van der Waals surface area contributed by atoms with E-state index in [1.807, 2.05) is 0 Å². The van der Waals surface area contributed by atoms with Gasteiger partial charge in [-0.3, -0.25) is 9.69 Å². The quantitative estimate of drug-likeness (QED) is 0.802. The minimum absolute atomic E-state index is 0. The second-order valence-corrected chi connectivity index (χ2v) is 7.89. The normalized spacial score (nSPS) is 19.9. The maximum Gasteiger partial charge on any atom is 0.166 e. The third-order valence-corrected chi connectivity index (χ3v) is 6.08. The average molecular weight is 402 g/mol. The van der Waals surface area contributed by atoms with Gasteiger partial charge in [-0.25, -0.2) is 0 Å². The molecule has 5 heteroatoms. The van der Waals surface area contributed by atoms with Crippen molar-refractivity contribution in [2.75, 3.05) is 20.2 Å². The number of phenols is 1. The van der Waals surface area contributed by atoms with Gasteiger partial charge in [0.1, 0.15) is 0 Å². The lowest BCUT2D eigenvalue weighted by molar-refractivity contribution is 0.0895. The van der Waals surface area contributed by atoms with Crippen LogP contribution in [0.5, 0.6) is 11.5 Å². The van der Waals surface area contributed by atoms with Crippen molar-refractivity contribution in [3.05, 3.63) is 59.2 Å². The van der Waals surface area contributed by atoms with Crippen molar-refractivity contribution in [2.45, 2.75) is 32.2 Å². The Morgan fingerprint density at radius 3 is 2.54 bits per heavy atom. The van der Waals surface area contributed by atoms with Crippen molar-refractivity contribution in [3.63, 3.8) is 0 Å². The van der Waals surface area contributed by atoms with Crippen molar-refractivity contribution < 1.29 is 14.6 Å². The van der Waals surface area contributed by atoms with E-state index >= 15 is 0 Å². The van der Waals surface area contributed by atoms with Gasteiger partial charge < -0.3 is 9.84 Å². The molecule has 2 aromatic rings. The zero-order valence-electron chi connectivity index (χ0n) is 16.3. The first-order chi connectivity index (χ1) is 13.1. The summed E-state index contributed by atoms with van der Waals surface area (Å²) in [6.45, 7) is 3.21. The summed E-state index contributed by atoms with van der Waals surface area (Å²) >= 11 is 0. The minimum Gasteiger partial charge on any atom is -0.504 e. The Labute approximate surface area is 172 Å². The van der Waals surface area contributed by atoms with Crippen LogP contribution in [-0.2, 0) is 13.0 Å². The average Bonchev–Trinajstić information content (AvgIpc) is 2.98. The number of fused-ring (bicyclic) bond motifs is 1. The second kappa shape index (κ2) is 8.97. The number of nitrogens with zero attached hydrogens (tertiary/aromatic N) is 1. The maximum atomic E-state index is 12.8. The van der Waals surface area contributed by atoms with Gasteiger partial charge in [0.15, 0.2) is 17.3 Å². The number of hydrogen-bond donors (Lipinski definition) is 1. The number of carbonyl (C=O) groups is 1. The van der Waals surface area contributed by atoms with Crippen LogP contribution in [0.1, 0.15) is 40.7 Å². The van der Waals surface area contributed by atoms with Crippen LogP contribution in [-0.4, -0.2) is 36.0 Å². The first-order valence-corrected chi connectivity index (χ1v) is 9.84. The van der Waals surface area contributed by atoms with E-state index in [0.29, 0.717) is 11.7 Å². The highest BCUT2D eigenvalue weighted by atomic mass is 35.5. The number of methoxy groups -OCH3 is 1. The molecule has 1 heterocycles. The standard InChI is InChI=1S/C23H27NO3.ClH/c1-27-22-14-20-18(13-21(22)25)12-19(23(20)26)11-16-7-9-24(10-8-16)15-17-5-3-2-4-6-17;/h2-6,13-14,16,19,25H,7-12,15H2,1H3;1H. The van der Waals surface area contributed by atoms with E-state index < -0.39 is 0 Å². The molecule has 1 atom stereocenters. The Hall–Kier alpha value is -2.04. The Morgan fingerprint density at radius 2 is 1.86 bits per heavy atom. The fourth-order valence-corrected chi connectivity index (χ4v) is 4.57. The third-order valence-electron chi connectivity index (χ3n) is 6.08. The number of rotatable bonds is 5. The highest BCUT2D eigenvalue weighted by molar-refractivity contribution is 6.02. The Morgan fingerprint density at radius 1 is 1.14 bits per heavy atom. The van der Waals surface area contributed by atoms with E-state index in [-0.39, 0.29) is 29.9 Å². The maximum absolute atomic E-state index is 12.8. The number of ether oxygens (including phenoxy) is 1. The number of benzene rings is 2. The Kier molecular flexibility index (Phi) is 6.63. The summed E-state index contributed by atoms with van der Waals surface area (Å²) in [6, 6.07) is 14.0. The molecule has 0 saturated carbocycles. The van der Waals surface area contributed by atoms with E-state index in [9.17, 15) is 9.90 Å². The van der Waals surface area contributed by atoms with Crippen LogP contribution < -0.4 is 4.74 Å². The van der Waals surface area contributed by atoms with Crippen molar-refractivity contribution in [1.29, 1.82) is 0 Å². The minimum atomic E-state index is 0. The molecular formula is C23H28ClNO3. The molecule has 1 aliphatic heterocycles. The number of aromatic hydroxyl groups is 1. The van der Waals surface area contributed by atoms with Crippen LogP contribution in [0.2, 0.25) is 0 Å². The van der Waals surface area contributed by atoms with Gasteiger partial charge >= 0.3 is 0 Å². The number of likely N-dealkylation sites (tertiary alicyclic amines) is 1. The molecule has 28 heavy (non-hydrogen) atoms. The highest BCUT2D eigenvalue weighted by Gasteiger charge is 2.34. The lowest BCUT2D eigenvalue weighted by Crippen LogP contribution is -2.34. The number of ketones is 1. The van der Waals surface area contributed by atoms with Gasteiger partial charge in [-0.05, 0) is 68.0 Å². The molecule has 150 valence electrons. The van der Waals surface area contributed by atoms with Crippen molar-refractivity contribution in [3.8, 4) is 11.5 Å². The molecule has 4 nitrogen and oxygen atoms in total. The van der Waals surface area contributed by atoms with Crippen molar-refractivity contribution in [2.24, 2.45) is 11.8 Å². The topological polar surface area (TPSA) is 49.8 Å². The summed E-state index contributed by atoms with van der Waals surface area (Å²) in [5.41, 5.74) is 3.06. The predicted molar refractivity (Wildman–Crippen MR) is 112 cm³/mol. The molecule has 1 saturated heterocycles. The molecule has 1 fully saturated rings. The molecule has 4 rings (SSSR count). The fourth-order valence-electron chi connectivity index (χ4n) is 4.57. The second-order valence-electron chi connectivity index (χ2n) is 7.89. The number of piperidine rings is 1. The van der Waals surface area contributed by atoms with Gasteiger partial charge in [-0.1, -0.05) is 30.3 Å². The molecule has 1 N–H and O–H groups in total. The first kappa shape index (κ1) is 20.7. The van der Waals surface area contributed by atoms with Crippen LogP contribution in [0.4, 0.5) is 0 Å². The van der Waals surface area contributed by atoms with Crippen LogP contribution >= 0.6 is 12.4 Å². The number of Topliss-reactive ketones (excluding diaryl/α,β-unsaturated/α-hetero) is 1. The zero-order valence-corrected chi connectivity index (χ0v) is 17.1. The smallest absolute Gasteiger partial charge is 0.166 e. The molecule has 1 unspecified atom stereocenters. The summed E-state index contributed by atoms with van der Waals surface area (Å²) in [6.07, 6.45) is 4.01. The first-order valence-electron chi connectivity index (χ1n) is 9.84. The van der Waals surface area contributed by atoms with E-state index in [2.05, 4.69) is 35.2 Å². The largest absolute Gasteiger partial charge is 0.504 e. The molecule has 1 aliphatic carbocycles. The molecule has 2 aliphatic rings. The molecule has 0 spiro atoms. The summed E-state index contributed by atoms with van der Waals surface area (Å²) in [5.74, 6) is 1.39. The molecule has 0 amide bonds. The number of phenolic OH excluding ortho intramolecular Hbond substituents is 1. The summed E-state index contributed by atoms with van der Waals surface area (Å²) in [4.78, 5) is 15.3. The van der Waals surface area contributed by atoms with E-state index in [1.54, 1.807) is 12.1 Å². The van der Waals surface area contributed by atoms with Gasteiger partial charge in [0.25, 0.3) is 0 Å². The molecule has 0 radical (unpaired) electrons. The van der Waals surface area contributed by atoms with Crippen LogP contribution in [0.25, 0.3) is 0 Å². The third kappa shape index (κ3) is 4.34. The number of hydrogen-bond acceptors (Lipinski definition) is 4. The lowest BCUT2D eigenvalue weighted by atomic mass is 9.85. The van der Waals surface area contributed by atoms with Crippen molar-refractivity contribution >= 4 is 18.2 Å². The molecule has 0 aromatic heterocycles. The van der Waals surface area contributed by atoms with Gasteiger partial charge in [-0.15, -0.1) is 12.4 Å². The summed E-state index contributed by atoms with van der Waals surface area (Å²) < 4.78 is 5.16. The monoisotopic (exact) mass is 401 g/mol. The SMILES string of the molecule is COc1cc2c(cc1O)CC(CC1CCN(Cc3ccccc3)CC1)C2=O.Cl. The molecule has 2 aromatic carbocycles. The van der Waals surface area contributed by atoms with Crippen LogP contribution in [0, 0.1) is 11.8 Å². The highest BCUT2D eigenvalue weighted by Crippen LogP contribution is 2.39. The van der Waals surface area contributed by atoms with Crippen LogP contribution in [0.3, 0.4) is 0 Å². The van der Waals surface area contributed by atoms with Gasteiger partial charge in [-0.2, -0.15) is 0 Å². The van der Waals surface area contributed by atoms with Gasteiger partial charge in [0.05, 0.1) is 7.11 Å². The number of carbonyl (C=O) groups excluding carboxylic acids is 1. The van der Waals surface area contributed by atoms with Crippen LogP contribution in [0.15, 0.2) is 42.5 Å². The van der Waals surface area contributed by atoms with Gasteiger partial charge in [0, 0.05) is 18.0 Å². The zero-order chi connectivity index (χ0) is 18.8. The summed E-state index contributed by atoms with van der Waals surface area (Å²) in [7, 11) is 1.52. The van der Waals surface area contributed by atoms with Gasteiger partial charge in [0.2, 0.25) is 0 Å². The fraction of sp³-hybridized carbons (Fsp3) is 0.435.